The van der Waals surface area contributed by atoms with Crippen LogP contribution in [0.3, 0.4) is 0 Å². The zero-order valence-corrected chi connectivity index (χ0v) is 21.8. The molecule has 2 aliphatic rings. The summed E-state index contributed by atoms with van der Waals surface area (Å²) in [6.45, 7) is 4.57. The maximum Gasteiger partial charge on any atom is 0.254 e. The van der Waals surface area contributed by atoms with Crippen LogP contribution in [0.1, 0.15) is 52.0 Å². The maximum atomic E-state index is 13.2. The number of hydrogen-bond acceptors (Lipinski definition) is 5. The second kappa shape index (κ2) is 12.4. The van der Waals surface area contributed by atoms with Gasteiger partial charge in [-0.2, -0.15) is 0 Å². The molecule has 194 valence electrons. The molecule has 2 aromatic rings. The van der Waals surface area contributed by atoms with E-state index >= 15 is 0 Å². The predicted molar refractivity (Wildman–Crippen MR) is 140 cm³/mol. The summed E-state index contributed by atoms with van der Waals surface area (Å²) in [6.07, 6.45) is 4.30. The fraction of sp³-hybridized carbons (Fsp3) is 0.517. The third-order valence-corrected chi connectivity index (χ3v) is 7.32. The van der Waals surface area contributed by atoms with Crippen LogP contribution in [0.2, 0.25) is 0 Å². The van der Waals surface area contributed by atoms with E-state index in [-0.39, 0.29) is 17.9 Å². The van der Waals surface area contributed by atoms with E-state index in [0.29, 0.717) is 23.7 Å². The number of hydrogen-bond donors (Lipinski definition) is 0. The summed E-state index contributed by atoms with van der Waals surface area (Å²) >= 11 is 0. The van der Waals surface area contributed by atoms with Gasteiger partial charge in [-0.1, -0.05) is 24.6 Å². The van der Waals surface area contributed by atoms with E-state index in [4.69, 9.17) is 9.47 Å². The minimum atomic E-state index is 0.0144. The van der Waals surface area contributed by atoms with Crippen LogP contribution in [0.5, 0.6) is 5.75 Å². The van der Waals surface area contributed by atoms with Gasteiger partial charge in [0.15, 0.2) is 0 Å². The molecule has 2 amide bonds. The van der Waals surface area contributed by atoms with Crippen molar-refractivity contribution in [2.24, 2.45) is 5.92 Å². The number of piperidine rings is 1. The summed E-state index contributed by atoms with van der Waals surface area (Å²) in [5.41, 5.74) is 2.56. The van der Waals surface area contributed by atoms with Crippen molar-refractivity contribution in [2.45, 2.75) is 38.3 Å². The number of rotatable bonds is 4. The number of amides is 2. The van der Waals surface area contributed by atoms with Crippen LogP contribution < -0.4 is 4.74 Å². The van der Waals surface area contributed by atoms with Gasteiger partial charge in [-0.05, 0) is 61.7 Å². The number of methoxy groups -OCH3 is 1. The Bertz CT molecular complexity index is 1020. The molecule has 2 atom stereocenters. The van der Waals surface area contributed by atoms with Gasteiger partial charge in [0.1, 0.15) is 12.4 Å². The zero-order valence-electron chi connectivity index (χ0n) is 21.8. The molecule has 0 spiro atoms. The molecule has 2 aliphatic heterocycles. The summed E-state index contributed by atoms with van der Waals surface area (Å²) in [5.74, 6) is 1.17. The molecule has 4 bridgehead atoms. The van der Waals surface area contributed by atoms with Crippen LogP contribution in [0.4, 0.5) is 0 Å². The van der Waals surface area contributed by atoms with Gasteiger partial charge in [0.2, 0.25) is 0 Å². The molecule has 7 heteroatoms. The number of carbonyl (C=O) groups excluding carboxylic acids is 2. The van der Waals surface area contributed by atoms with Crippen LogP contribution in [0.15, 0.2) is 48.5 Å². The number of fused-ring (bicyclic) bond motifs is 4. The normalized spacial score (nSPS) is 21.8. The summed E-state index contributed by atoms with van der Waals surface area (Å²) in [4.78, 5) is 31.4. The van der Waals surface area contributed by atoms with Crippen molar-refractivity contribution in [1.29, 1.82) is 0 Å². The standard InChI is InChI=1S/C29H39N3O4/c1-30(2)28(33)23-12-10-22(11-13-23)20-31-15-5-4-7-25-21-32(16-14-27(25)35-3)29(34)24-8-6-9-26(19-24)36-18-17-31/h6,8-13,19,25,27H,4-5,7,14-18,20-21H2,1-3H3/t25-,27+/m0/s1. The van der Waals surface area contributed by atoms with Crippen molar-refractivity contribution >= 4 is 11.8 Å². The zero-order chi connectivity index (χ0) is 25.5. The Hall–Kier alpha value is -2.90. The fourth-order valence-electron chi connectivity index (χ4n) is 5.26. The summed E-state index contributed by atoms with van der Waals surface area (Å²) in [5, 5.41) is 0. The van der Waals surface area contributed by atoms with E-state index in [1.54, 1.807) is 26.1 Å². The van der Waals surface area contributed by atoms with E-state index in [1.807, 2.05) is 53.4 Å². The van der Waals surface area contributed by atoms with E-state index in [2.05, 4.69) is 4.90 Å². The lowest BCUT2D eigenvalue weighted by molar-refractivity contribution is -0.00677. The lowest BCUT2D eigenvalue weighted by atomic mass is 9.89. The van der Waals surface area contributed by atoms with E-state index in [9.17, 15) is 9.59 Å². The summed E-state index contributed by atoms with van der Waals surface area (Å²) < 4.78 is 11.9. The van der Waals surface area contributed by atoms with Gasteiger partial charge >= 0.3 is 0 Å². The van der Waals surface area contributed by atoms with Crippen molar-refractivity contribution in [1.82, 2.24) is 14.7 Å². The Morgan fingerprint density at radius 3 is 2.61 bits per heavy atom. The topological polar surface area (TPSA) is 62.3 Å². The van der Waals surface area contributed by atoms with Crippen LogP contribution >= 0.6 is 0 Å². The highest BCUT2D eigenvalue weighted by molar-refractivity contribution is 5.95. The lowest BCUT2D eigenvalue weighted by Gasteiger charge is -2.38. The first-order chi connectivity index (χ1) is 17.4. The van der Waals surface area contributed by atoms with E-state index in [0.717, 1.165) is 64.2 Å². The molecular formula is C29H39N3O4. The maximum absolute atomic E-state index is 13.2. The largest absolute Gasteiger partial charge is 0.492 e. The second-order valence-electron chi connectivity index (χ2n) is 10.1. The molecule has 0 saturated carbocycles. The quantitative estimate of drug-likeness (QED) is 0.646. The van der Waals surface area contributed by atoms with Crippen LogP contribution in [-0.2, 0) is 11.3 Å². The number of carbonyl (C=O) groups is 2. The minimum Gasteiger partial charge on any atom is -0.492 e. The highest BCUT2D eigenvalue weighted by Crippen LogP contribution is 2.27. The van der Waals surface area contributed by atoms with E-state index in [1.165, 1.54) is 5.56 Å². The van der Waals surface area contributed by atoms with Gasteiger partial charge < -0.3 is 19.3 Å². The summed E-state index contributed by atoms with van der Waals surface area (Å²) in [7, 11) is 5.33. The Labute approximate surface area is 215 Å². The molecule has 2 aromatic carbocycles. The third kappa shape index (κ3) is 6.65. The highest BCUT2D eigenvalue weighted by atomic mass is 16.5. The van der Waals surface area contributed by atoms with Crippen LogP contribution in [0.25, 0.3) is 0 Å². The molecule has 7 nitrogen and oxygen atoms in total. The van der Waals surface area contributed by atoms with Crippen molar-refractivity contribution in [3.8, 4) is 5.75 Å². The van der Waals surface area contributed by atoms with E-state index < -0.39 is 0 Å². The Morgan fingerprint density at radius 2 is 1.86 bits per heavy atom. The van der Waals surface area contributed by atoms with Gasteiger partial charge in [-0.25, -0.2) is 0 Å². The van der Waals surface area contributed by atoms with Crippen LogP contribution in [-0.4, -0.2) is 86.6 Å². The molecule has 0 N–H and O–H groups in total. The number of nitrogens with zero attached hydrogens (tertiary/aromatic N) is 3. The molecule has 0 aromatic heterocycles. The second-order valence-corrected chi connectivity index (χ2v) is 10.1. The average molecular weight is 494 g/mol. The molecule has 1 fully saturated rings. The molecule has 4 rings (SSSR count). The first-order valence-electron chi connectivity index (χ1n) is 13.0. The van der Waals surface area contributed by atoms with Gasteiger partial charge in [0, 0.05) is 64.4 Å². The molecule has 2 heterocycles. The fourth-order valence-corrected chi connectivity index (χ4v) is 5.26. The minimum absolute atomic E-state index is 0.0144. The molecule has 36 heavy (non-hydrogen) atoms. The number of ether oxygens (including phenoxy) is 2. The molecule has 0 aliphatic carbocycles. The first kappa shape index (κ1) is 26.2. The summed E-state index contributed by atoms with van der Waals surface area (Å²) in [6, 6.07) is 15.5. The Morgan fingerprint density at radius 1 is 1.06 bits per heavy atom. The Kier molecular flexibility index (Phi) is 8.99. The van der Waals surface area contributed by atoms with Crippen molar-refractivity contribution in [2.75, 3.05) is 54.0 Å². The van der Waals surface area contributed by atoms with Crippen molar-refractivity contribution in [3.63, 3.8) is 0 Å². The monoisotopic (exact) mass is 493 g/mol. The number of benzene rings is 2. The first-order valence-corrected chi connectivity index (χ1v) is 13.0. The molecular weight excluding hydrogens is 454 g/mol. The average Bonchev–Trinajstić information content (AvgIpc) is 2.90. The van der Waals surface area contributed by atoms with Gasteiger partial charge in [-0.15, -0.1) is 0 Å². The third-order valence-electron chi connectivity index (χ3n) is 7.32. The predicted octanol–water partition coefficient (Wildman–Crippen LogP) is 3.93. The smallest absolute Gasteiger partial charge is 0.254 e. The molecule has 1 saturated heterocycles. The SMILES string of the molecule is CO[C@@H]1CCN2C[C@@H]1CCCCN(Cc1ccc(C(=O)N(C)C)cc1)CCOc1cccc(c1)C2=O. The van der Waals surface area contributed by atoms with Crippen molar-refractivity contribution in [3.05, 3.63) is 65.2 Å². The van der Waals surface area contributed by atoms with Gasteiger partial charge in [0.05, 0.1) is 6.10 Å². The van der Waals surface area contributed by atoms with Gasteiger partial charge in [-0.3, -0.25) is 14.5 Å². The van der Waals surface area contributed by atoms with Crippen molar-refractivity contribution < 1.29 is 19.1 Å². The molecule has 0 radical (unpaired) electrons. The highest BCUT2D eigenvalue weighted by Gasteiger charge is 2.31. The Balaban J connectivity index is 1.47. The lowest BCUT2D eigenvalue weighted by Crippen LogP contribution is -2.46. The van der Waals surface area contributed by atoms with Gasteiger partial charge in [0.25, 0.3) is 11.8 Å². The van der Waals surface area contributed by atoms with Crippen LogP contribution in [0, 0.1) is 5.92 Å². The molecule has 0 unspecified atom stereocenters.